The average Bonchev–Trinajstić information content (AvgIpc) is 3.11. The average molecular weight is 361 g/mol. The molecule has 1 aliphatic heterocycles. The maximum absolute atomic E-state index is 12.3. The normalized spacial score (nSPS) is 16.0. The van der Waals surface area contributed by atoms with Gasteiger partial charge >= 0.3 is 5.63 Å². The lowest BCUT2D eigenvalue weighted by Crippen LogP contribution is -2.40. The number of fused-ring (bicyclic) bond motifs is 1. The van der Waals surface area contributed by atoms with E-state index in [1.165, 1.54) is 6.07 Å². The van der Waals surface area contributed by atoms with Crippen LogP contribution in [-0.4, -0.2) is 38.1 Å². The van der Waals surface area contributed by atoms with E-state index in [0.717, 1.165) is 16.5 Å². The number of nitrogens with one attached hydrogen (secondary N) is 1. The second-order valence-electron chi connectivity index (χ2n) is 6.26. The first kappa shape index (κ1) is 18.4. The lowest BCUT2D eigenvalue weighted by molar-refractivity contribution is -0.129. The molecular formula is C19H23NO6. The van der Waals surface area contributed by atoms with Crippen molar-refractivity contribution in [2.45, 2.75) is 39.6 Å². The van der Waals surface area contributed by atoms with Crippen LogP contribution in [0.5, 0.6) is 5.75 Å². The summed E-state index contributed by atoms with van der Waals surface area (Å²) in [5.41, 5.74) is 1.77. The Bertz CT molecular complexity index is 853. The summed E-state index contributed by atoms with van der Waals surface area (Å²) >= 11 is 0. The standard InChI is InChI=1S/C19H23NO6/c1-4-13-9-16(21)26-15-8-11(2)7-14(18(13)15)25-12(3)19(22)20-10-17-23-5-6-24-17/h7-9,12,17H,4-6,10H2,1-3H3,(H,20,22). The predicted molar refractivity (Wildman–Crippen MR) is 95.4 cm³/mol. The van der Waals surface area contributed by atoms with E-state index in [2.05, 4.69) is 5.32 Å². The minimum atomic E-state index is -0.724. The van der Waals surface area contributed by atoms with Crippen LogP contribution in [0.1, 0.15) is 25.0 Å². The number of amides is 1. The van der Waals surface area contributed by atoms with Crippen molar-refractivity contribution < 1.29 is 23.4 Å². The summed E-state index contributed by atoms with van der Waals surface area (Å²) in [6, 6.07) is 5.10. The number of hydrogen-bond acceptors (Lipinski definition) is 6. The highest BCUT2D eigenvalue weighted by molar-refractivity contribution is 5.88. The fourth-order valence-corrected chi connectivity index (χ4v) is 2.94. The van der Waals surface area contributed by atoms with Gasteiger partial charge in [-0.25, -0.2) is 4.79 Å². The zero-order valence-corrected chi connectivity index (χ0v) is 15.2. The fraction of sp³-hybridized carbons (Fsp3) is 0.474. The van der Waals surface area contributed by atoms with E-state index in [-0.39, 0.29) is 12.5 Å². The summed E-state index contributed by atoms with van der Waals surface area (Å²) in [5.74, 6) is 0.255. The van der Waals surface area contributed by atoms with Gasteiger partial charge in [-0.05, 0) is 43.5 Å². The van der Waals surface area contributed by atoms with Gasteiger partial charge in [-0.15, -0.1) is 0 Å². The second-order valence-corrected chi connectivity index (χ2v) is 6.26. The molecular weight excluding hydrogens is 338 g/mol. The van der Waals surface area contributed by atoms with Gasteiger partial charge in [-0.1, -0.05) is 6.92 Å². The molecule has 7 heteroatoms. The Morgan fingerprint density at radius 2 is 2.04 bits per heavy atom. The van der Waals surface area contributed by atoms with E-state index in [1.54, 1.807) is 13.0 Å². The quantitative estimate of drug-likeness (QED) is 0.791. The fourth-order valence-electron chi connectivity index (χ4n) is 2.94. The first-order chi connectivity index (χ1) is 12.5. The lowest BCUT2D eigenvalue weighted by Gasteiger charge is -2.18. The van der Waals surface area contributed by atoms with Crippen LogP contribution in [0.4, 0.5) is 0 Å². The summed E-state index contributed by atoms with van der Waals surface area (Å²) in [6.07, 6.45) is -0.483. The van der Waals surface area contributed by atoms with E-state index in [0.29, 0.717) is 31.0 Å². The van der Waals surface area contributed by atoms with Gasteiger partial charge in [0.15, 0.2) is 12.4 Å². The van der Waals surface area contributed by atoms with E-state index in [9.17, 15) is 9.59 Å². The van der Waals surface area contributed by atoms with E-state index in [4.69, 9.17) is 18.6 Å². The molecule has 0 radical (unpaired) electrons. The van der Waals surface area contributed by atoms with Gasteiger partial charge in [0.2, 0.25) is 0 Å². The van der Waals surface area contributed by atoms with Gasteiger partial charge in [0.1, 0.15) is 11.3 Å². The summed E-state index contributed by atoms with van der Waals surface area (Å²) < 4.78 is 21.8. The maximum atomic E-state index is 12.3. The topological polar surface area (TPSA) is 87.0 Å². The molecule has 1 saturated heterocycles. The molecule has 7 nitrogen and oxygen atoms in total. The predicted octanol–water partition coefficient (Wildman–Crippen LogP) is 1.92. The molecule has 1 N–H and O–H groups in total. The molecule has 1 unspecified atom stereocenters. The summed E-state index contributed by atoms with van der Waals surface area (Å²) in [4.78, 5) is 24.0. The molecule has 2 aromatic rings. The minimum Gasteiger partial charge on any atom is -0.480 e. The molecule has 1 atom stereocenters. The highest BCUT2D eigenvalue weighted by Gasteiger charge is 2.21. The van der Waals surface area contributed by atoms with E-state index >= 15 is 0 Å². The Hall–Kier alpha value is -2.38. The largest absolute Gasteiger partial charge is 0.480 e. The molecule has 1 aromatic carbocycles. The van der Waals surface area contributed by atoms with Gasteiger partial charge in [0, 0.05) is 6.07 Å². The van der Waals surface area contributed by atoms with Crippen LogP contribution in [0.2, 0.25) is 0 Å². The zero-order chi connectivity index (χ0) is 18.7. The Labute approximate surface area is 151 Å². The van der Waals surface area contributed by atoms with Crippen molar-refractivity contribution in [1.82, 2.24) is 5.32 Å². The van der Waals surface area contributed by atoms with Crippen molar-refractivity contribution in [2.24, 2.45) is 0 Å². The first-order valence-electron chi connectivity index (χ1n) is 8.73. The van der Waals surface area contributed by atoms with Crippen LogP contribution in [0.15, 0.2) is 27.4 Å². The number of rotatable bonds is 6. The highest BCUT2D eigenvalue weighted by Crippen LogP contribution is 2.31. The van der Waals surface area contributed by atoms with Crippen LogP contribution >= 0.6 is 0 Å². The number of aryl methyl sites for hydroxylation is 2. The van der Waals surface area contributed by atoms with Gasteiger partial charge in [-0.3, -0.25) is 4.79 Å². The van der Waals surface area contributed by atoms with Crippen LogP contribution in [0.3, 0.4) is 0 Å². The summed E-state index contributed by atoms with van der Waals surface area (Å²) in [6.45, 7) is 6.85. The van der Waals surface area contributed by atoms with Crippen molar-refractivity contribution in [3.8, 4) is 5.75 Å². The van der Waals surface area contributed by atoms with Crippen molar-refractivity contribution in [3.63, 3.8) is 0 Å². The molecule has 26 heavy (non-hydrogen) atoms. The molecule has 1 amide bonds. The Morgan fingerprint density at radius 1 is 1.31 bits per heavy atom. The highest BCUT2D eigenvalue weighted by atomic mass is 16.7. The maximum Gasteiger partial charge on any atom is 0.336 e. The zero-order valence-electron chi connectivity index (χ0n) is 15.2. The number of hydrogen-bond donors (Lipinski definition) is 1. The summed E-state index contributed by atoms with van der Waals surface area (Å²) in [7, 11) is 0. The van der Waals surface area contributed by atoms with Gasteiger partial charge in [-0.2, -0.15) is 0 Å². The molecule has 1 aromatic heterocycles. The van der Waals surface area contributed by atoms with Crippen molar-refractivity contribution in [1.29, 1.82) is 0 Å². The Morgan fingerprint density at radius 3 is 2.73 bits per heavy atom. The molecule has 3 rings (SSSR count). The second kappa shape index (κ2) is 7.88. The van der Waals surface area contributed by atoms with Crippen LogP contribution < -0.4 is 15.7 Å². The van der Waals surface area contributed by atoms with E-state index in [1.807, 2.05) is 19.9 Å². The molecule has 1 fully saturated rings. The molecule has 2 heterocycles. The summed E-state index contributed by atoms with van der Waals surface area (Å²) in [5, 5.41) is 3.48. The lowest BCUT2D eigenvalue weighted by atomic mass is 10.0. The van der Waals surface area contributed by atoms with Crippen LogP contribution in [0.25, 0.3) is 11.0 Å². The number of ether oxygens (including phenoxy) is 3. The van der Waals surface area contributed by atoms with Crippen LogP contribution in [-0.2, 0) is 20.7 Å². The van der Waals surface area contributed by atoms with Gasteiger partial charge < -0.3 is 23.9 Å². The SMILES string of the molecule is CCc1cc(=O)oc2cc(C)cc(OC(C)C(=O)NCC3OCCO3)c12. The third kappa shape index (κ3) is 4.05. The smallest absolute Gasteiger partial charge is 0.336 e. The van der Waals surface area contributed by atoms with Gasteiger partial charge in [0.05, 0.1) is 25.1 Å². The molecule has 0 aliphatic carbocycles. The Balaban J connectivity index is 1.80. The Kier molecular flexibility index (Phi) is 5.58. The number of benzene rings is 1. The minimum absolute atomic E-state index is 0.269. The van der Waals surface area contributed by atoms with Crippen molar-refractivity contribution >= 4 is 16.9 Å². The number of carbonyl (C=O) groups excluding carboxylic acids is 1. The molecule has 0 spiro atoms. The molecule has 0 bridgehead atoms. The molecule has 1 aliphatic rings. The number of carbonyl (C=O) groups is 1. The third-order valence-corrected chi connectivity index (χ3v) is 4.22. The molecule has 0 saturated carbocycles. The van der Waals surface area contributed by atoms with Crippen LogP contribution in [0, 0.1) is 6.92 Å². The van der Waals surface area contributed by atoms with Crippen molar-refractivity contribution in [2.75, 3.05) is 19.8 Å². The molecule has 140 valence electrons. The van der Waals surface area contributed by atoms with Gasteiger partial charge in [0.25, 0.3) is 5.91 Å². The van der Waals surface area contributed by atoms with Crippen molar-refractivity contribution in [3.05, 3.63) is 39.7 Å². The third-order valence-electron chi connectivity index (χ3n) is 4.22. The first-order valence-corrected chi connectivity index (χ1v) is 8.73. The monoisotopic (exact) mass is 361 g/mol. The van der Waals surface area contributed by atoms with E-state index < -0.39 is 18.0 Å².